The van der Waals surface area contributed by atoms with Gasteiger partial charge in [-0.1, -0.05) is 23.7 Å². The van der Waals surface area contributed by atoms with Crippen LogP contribution in [-0.4, -0.2) is 22.8 Å². The van der Waals surface area contributed by atoms with Crippen molar-refractivity contribution in [2.45, 2.75) is 13.1 Å². The Morgan fingerprint density at radius 3 is 2.35 bits per heavy atom. The fraction of sp³-hybridized carbons (Fsp3) is 0.158. The maximum Gasteiger partial charge on any atom is 0.191 e. The van der Waals surface area contributed by atoms with Gasteiger partial charge in [-0.3, -0.25) is 4.99 Å². The van der Waals surface area contributed by atoms with Crippen LogP contribution in [0.15, 0.2) is 65.9 Å². The second kappa shape index (κ2) is 8.49. The Bertz CT molecular complexity index is 872. The Kier molecular flexibility index (Phi) is 5.86. The quantitative estimate of drug-likeness (QED) is 0.533. The predicted octanol–water partition coefficient (Wildman–Crippen LogP) is 3.53. The van der Waals surface area contributed by atoms with E-state index in [-0.39, 0.29) is 5.82 Å². The standard InChI is InChI=1S/C19H19ClFN5/c1-22-19(23-10-14-2-6-17(21)7-3-14)24-11-15-12-25-26(13-15)18-8-4-16(20)5-9-18/h2-9,12-13H,10-11H2,1H3,(H2,22,23,24). The molecule has 1 heterocycles. The Morgan fingerprint density at radius 1 is 1.04 bits per heavy atom. The lowest BCUT2D eigenvalue weighted by atomic mass is 10.2. The zero-order chi connectivity index (χ0) is 18.4. The van der Waals surface area contributed by atoms with Gasteiger partial charge in [0.1, 0.15) is 5.82 Å². The highest BCUT2D eigenvalue weighted by Gasteiger charge is 2.03. The van der Waals surface area contributed by atoms with E-state index in [1.807, 2.05) is 30.5 Å². The molecule has 0 saturated carbocycles. The molecular weight excluding hydrogens is 353 g/mol. The molecule has 0 bridgehead atoms. The molecule has 7 heteroatoms. The van der Waals surface area contributed by atoms with Crippen molar-refractivity contribution in [1.82, 2.24) is 20.4 Å². The third-order valence-corrected chi connectivity index (χ3v) is 4.04. The molecule has 0 aliphatic carbocycles. The van der Waals surface area contributed by atoms with E-state index in [0.717, 1.165) is 16.8 Å². The van der Waals surface area contributed by atoms with Crippen molar-refractivity contribution < 1.29 is 4.39 Å². The molecule has 5 nitrogen and oxygen atoms in total. The average Bonchev–Trinajstić information content (AvgIpc) is 3.13. The molecular formula is C19H19ClFN5. The Balaban J connectivity index is 1.54. The molecule has 0 unspecified atom stereocenters. The number of rotatable bonds is 5. The van der Waals surface area contributed by atoms with Crippen LogP contribution in [0, 0.1) is 5.82 Å². The van der Waals surface area contributed by atoms with E-state index in [1.54, 1.807) is 30.1 Å². The second-order valence-electron chi connectivity index (χ2n) is 5.68. The Hall–Kier alpha value is -2.86. The second-order valence-corrected chi connectivity index (χ2v) is 6.11. The number of halogens is 2. The SMILES string of the molecule is CN=C(NCc1ccc(F)cc1)NCc1cnn(-c2ccc(Cl)cc2)c1. The van der Waals surface area contributed by atoms with Crippen LogP contribution in [0.2, 0.25) is 5.02 Å². The molecule has 0 aliphatic heterocycles. The zero-order valence-electron chi connectivity index (χ0n) is 14.3. The van der Waals surface area contributed by atoms with Crippen molar-refractivity contribution >= 4 is 17.6 Å². The van der Waals surface area contributed by atoms with Gasteiger partial charge in [0.15, 0.2) is 5.96 Å². The fourth-order valence-electron chi connectivity index (χ4n) is 2.38. The van der Waals surface area contributed by atoms with Crippen molar-refractivity contribution in [3.05, 3.63) is 82.9 Å². The Labute approximate surface area is 156 Å². The summed E-state index contributed by atoms with van der Waals surface area (Å²) >= 11 is 5.91. The summed E-state index contributed by atoms with van der Waals surface area (Å²) < 4.78 is 14.7. The molecule has 0 aliphatic rings. The smallest absolute Gasteiger partial charge is 0.191 e. The van der Waals surface area contributed by atoms with E-state index in [0.29, 0.717) is 24.1 Å². The minimum absolute atomic E-state index is 0.242. The summed E-state index contributed by atoms with van der Waals surface area (Å²) in [6.45, 7) is 1.14. The average molecular weight is 372 g/mol. The van der Waals surface area contributed by atoms with Gasteiger partial charge in [0, 0.05) is 36.9 Å². The summed E-state index contributed by atoms with van der Waals surface area (Å²) in [5.74, 6) is 0.419. The van der Waals surface area contributed by atoms with Crippen molar-refractivity contribution in [2.24, 2.45) is 4.99 Å². The van der Waals surface area contributed by atoms with Crippen LogP contribution in [0.4, 0.5) is 4.39 Å². The van der Waals surface area contributed by atoms with E-state index < -0.39 is 0 Å². The first-order valence-electron chi connectivity index (χ1n) is 8.12. The van der Waals surface area contributed by atoms with Gasteiger partial charge in [0.2, 0.25) is 0 Å². The molecule has 26 heavy (non-hydrogen) atoms. The van der Waals surface area contributed by atoms with E-state index in [2.05, 4.69) is 20.7 Å². The molecule has 0 atom stereocenters. The van der Waals surface area contributed by atoms with Gasteiger partial charge in [-0.2, -0.15) is 5.10 Å². The van der Waals surface area contributed by atoms with Gasteiger partial charge in [0.05, 0.1) is 11.9 Å². The molecule has 2 N–H and O–H groups in total. The molecule has 1 aromatic heterocycles. The summed E-state index contributed by atoms with van der Waals surface area (Å²) in [6.07, 6.45) is 3.75. The number of hydrogen-bond donors (Lipinski definition) is 2. The van der Waals surface area contributed by atoms with Crippen molar-refractivity contribution in [1.29, 1.82) is 0 Å². The maximum absolute atomic E-state index is 12.9. The molecule has 0 amide bonds. The van der Waals surface area contributed by atoms with Gasteiger partial charge >= 0.3 is 0 Å². The minimum Gasteiger partial charge on any atom is -0.352 e. The third kappa shape index (κ3) is 4.83. The van der Waals surface area contributed by atoms with Crippen molar-refractivity contribution in [2.75, 3.05) is 7.05 Å². The van der Waals surface area contributed by atoms with Crippen LogP contribution in [0.5, 0.6) is 0 Å². The van der Waals surface area contributed by atoms with Crippen LogP contribution in [0.25, 0.3) is 5.69 Å². The number of guanidine groups is 1. The first-order chi connectivity index (χ1) is 12.6. The van der Waals surface area contributed by atoms with Crippen molar-refractivity contribution in [3.63, 3.8) is 0 Å². The predicted molar refractivity (Wildman–Crippen MR) is 102 cm³/mol. The molecule has 0 fully saturated rings. The number of hydrogen-bond acceptors (Lipinski definition) is 2. The lowest BCUT2D eigenvalue weighted by Gasteiger charge is -2.11. The van der Waals surface area contributed by atoms with Crippen LogP contribution in [0.3, 0.4) is 0 Å². The number of nitrogens with one attached hydrogen (secondary N) is 2. The summed E-state index contributed by atoms with van der Waals surface area (Å²) in [4.78, 5) is 4.19. The number of benzene rings is 2. The minimum atomic E-state index is -0.242. The highest BCUT2D eigenvalue weighted by atomic mass is 35.5. The lowest BCUT2D eigenvalue weighted by molar-refractivity contribution is 0.626. The zero-order valence-corrected chi connectivity index (χ0v) is 15.0. The molecule has 0 saturated heterocycles. The summed E-state index contributed by atoms with van der Waals surface area (Å²) in [5.41, 5.74) is 2.94. The van der Waals surface area contributed by atoms with Crippen LogP contribution < -0.4 is 10.6 Å². The van der Waals surface area contributed by atoms with Gasteiger partial charge in [-0.25, -0.2) is 9.07 Å². The largest absolute Gasteiger partial charge is 0.352 e. The van der Waals surface area contributed by atoms with E-state index in [9.17, 15) is 4.39 Å². The Morgan fingerprint density at radius 2 is 1.69 bits per heavy atom. The van der Waals surface area contributed by atoms with Crippen LogP contribution >= 0.6 is 11.6 Å². The molecule has 0 radical (unpaired) electrons. The first kappa shape index (κ1) is 17.9. The summed E-state index contributed by atoms with van der Waals surface area (Å²) in [5, 5.41) is 11.5. The highest BCUT2D eigenvalue weighted by molar-refractivity contribution is 6.30. The highest BCUT2D eigenvalue weighted by Crippen LogP contribution is 2.13. The number of aromatic nitrogens is 2. The fourth-order valence-corrected chi connectivity index (χ4v) is 2.51. The summed E-state index contributed by atoms with van der Waals surface area (Å²) in [6, 6.07) is 13.9. The normalized spacial score (nSPS) is 11.4. The van der Waals surface area contributed by atoms with Crippen LogP contribution in [0.1, 0.15) is 11.1 Å². The van der Waals surface area contributed by atoms with Crippen LogP contribution in [-0.2, 0) is 13.1 Å². The van der Waals surface area contributed by atoms with Gasteiger partial charge < -0.3 is 10.6 Å². The van der Waals surface area contributed by atoms with Gasteiger partial charge in [-0.05, 0) is 42.0 Å². The summed E-state index contributed by atoms with van der Waals surface area (Å²) in [7, 11) is 1.71. The first-order valence-corrected chi connectivity index (χ1v) is 8.50. The molecule has 134 valence electrons. The molecule has 2 aromatic carbocycles. The van der Waals surface area contributed by atoms with E-state index in [1.165, 1.54) is 12.1 Å². The topological polar surface area (TPSA) is 54.2 Å². The number of nitrogens with zero attached hydrogens (tertiary/aromatic N) is 3. The van der Waals surface area contributed by atoms with E-state index in [4.69, 9.17) is 11.6 Å². The van der Waals surface area contributed by atoms with Gasteiger partial charge in [0.25, 0.3) is 0 Å². The molecule has 3 rings (SSSR count). The molecule has 0 spiro atoms. The maximum atomic E-state index is 12.9. The van der Waals surface area contributed by atoms with Gasteiger partial charge in [-0.15, -0.1) is 0 Å². The lowest BCUT2D eigenvalue weighted by Crippen LogP contribution is -2.36. The number of aliphatic imine (C=N–C) groups is 1. The van der Waals surface area contributed by atoms with E-state index >= 15 is 0 Å². The molecule has 3 aromatic rings. The monoisotopic (exact) mass is 371 g/mol. The van der Waals surface area contributed by atoms with Crippen molar-refractivity contribution in [3.8, 4) is 5.69 Å². The third-order valence-electron chi connectivity index (χ3n) is 3.78.